The Balaban J connectivity index is 2.24. The number of halogens is 1. The number of allylic oxidation sites excluding steroid dienone is 3. The van der Waals surface area contributed by atoms with Crippen LogP contribution in [-0.2, 0) is 9.47 Å². The molecular formula is C18H27FN2O2S. The van der Waals surface area contributed by atoms with Gasteiger partial charge in [0.25, 0.3) is 0 Å². The van der Waals surface area contributed by atoms with Crippen LogP contribution in [0.15, 0.2) is 47.3 Å². The Bertz CT molecular complexity index is 553. The smallest absolute Gasteiger partial charge is 0.128 e. The van der Waals surface area contributed by atoms with Gasteiger partial charge < -0.3 is 19.7 Å². The summed E-state index contributed by atoms with van der Waals surface area (Å²) in [5.41, 5.74) is 0.859. The Morgan fingerprint density at radius 1 is 1.42 bits per heavy atom. The molecule has 0 fully saturated rings. The molecule has 1 N–H and O–H groups in total. The molecule has 2 rings (SSSR count). The van der Waals surface area contributed by atoms with E-state index in [1.807, 2.05) is 24.1 Å². The first kappa shape index (κ1) is 18.9. The highest BCUT2D eigenvalue weighted by Gasteiger charge is 2.33. The molecule has 2 aliphatic rings. The van der Waals surface area contributed by atoms with Gasteiger partial charge in [-0.3, -0.25) is 0 Å². The first-order chi connectivity index (χ1) is 11.6. The number of ether oxygens (including phenoxy) is 2. The zero-order valence-corrected chi connectivity index (χ0v) is 15.7. The first-order valence-electron chi connectivity index (χ1n) is 8.25. The van der Waals surface area contributed by atoms with Gasteiger partial charge in [0.1, 0.15) is 23.4 Å². The first-order valence-corrected chi connectivity index (χ1v) is 9.54. The van der Waals surface area contributed by atoms with Crippen molar-refractivity contribution < 1.29 is 13.9 Å². The van der Waals surface area contributed by atoms with Crippen molar-refractivity contribution in [1.82, 2.24) is 10.2 Å². The molecular weight excluding hydrogens is 327 g/mol. The number of methoxy groups -OCH3 is 1. The van der Waals surface area contributed by atoms with Crippen LogP contribution in [0.5, 0.6) is 0 Å². The maximum absolute atomic E-state index is 14.5. The third kappa shape index (κ3) is 4.36. The third-order valence-electron chi connectivity index (χ3n) is 4.12. The maximum atomic E-state index is 14.5. The van der Waals surface area contributed by atoms with Crippen LogP contribution >= 0.6 is 11.8 Å². The van der Waals surface area contributed by atoms with Gasteiger partial charge in [0.05, 0.1) is 12.0 Å². The molecule has 2 unspecified atom stereocenters. The lowest BCUT2D eigenvalue weighted by Gasteiger charge is -2.38. The van der Waals surface area contributed by atoms with Crippen molar-refractivity contribution in [3.63, 3.8) is 0 Å². The largest absolute Gasteiger partial charge is 0.493 e. The molecule has 0 saturated heterocycles. The Hall–Kier alpha value is -1.40. The van der Waals surface area contributed by atoms with Gasteiger partial charge in [0.2, 0.25) is 0 Å². The van der Waals surface area contributed by atoms with Gasteiger partial charge in [-0.05, 0) is 18.8 Å². The summed E-state index contributed by atoms with van der Waals surface area (Å²) in [5.74, 6) is 1.44. The predicted octanol–water partition coefficient (Wildman–Crippen LogP) is 3.56. The quantitative estimate of drug-likeness (QED) is 0.506. The maximum Gasteiger partial charge on any atom is 0.128 e. The van der Waals surface area contributed by atoms with E-state index in [0.29, 0.717) is 13.2 Å². The van der Waals surface area contributed by atoms with Crippen LogP contribution in [0.1, 0.15) is 19.8 Å². The zero-order chi connectivity index (χ0) is 17.5. The van der Waals surface area contributed by atoms with Gasteiger partial charge in [-0.2, -0.15) is 0 Å². The number of nitrogens with one attached hydrogen (secondary N) is 1. The van der Waals surface area contributed by atoms with E-state index >= 15 is 0 Å². The second kappa shape index (κ2) is 9.18. The molecule has 1 heterocycles. The van der Waals surface area contributed by atoms with Crippen LogP contribution < -0.4 is 5.32 Å². The van der Waals surface area contributed by atoms with Crippen molar-refractivity contribution in [2.75, 3.05) is 33.6 Å². The van der Waals surface area contributed by atoms with E-state index in [0.717, 1.165) is 30.0 Å². The molecule has 2 atom stereocenters. The number of rotatable bonds is 9. The van der Waals surface area contributed by atoms with E-state index in [4.69, 9.17) is 9.47 Å². The lowest BCUT2D eigenvalue weighted by Crippen LogP contribution is -2.44. The van der Waals surface area contributed by atoms with Crippen molar-refractivity contribution in [2.45, 2.75) is 31.2 Å². The van der Waals surface area contributed by atoms with Gasteiger partial charge in [-0.25, -0.2) is 4.39 Å². The minimum Gasteiger partial charge on any atom is -0.493 e. The summed E-state index contributed by atoms with van der Waals surface area (Å²) in [6.07, 6.45) is 11.0. The van der Waals surface area contributed by atoms with Gasteiger partial charge >= 0.3 is 0 Å². The molecule has 6 heteroatoms. The second-order valence-corrected chi connectivity index (χ2v) is 6.79. The molecule has 1 aliphatic carbocycles. The number of fused-ring (bicyclic) bond motifs is 1. The standard InChI is InChI=1S/C18H27FN2O2S/c1-5-17(24-4)20-16-12-15(23-11-7-10-22-3)13-8-6-9-14(19)18(13)21(16)2/h6,8-9,12,17-18,20H,5,7,10-11H2,1-4H3. The van der Waals surface area contributed by atoms with Crippen molar-refractivity contribution in [3.05, 3.63) is 47.3 Å². The Labute approximate surface area is 148 Å². The highest BCUT2D eigenvalue weighted by Crippen LogP contribution is 2.34. The monoisotopic (exact) mass is 354 g/mol. The summed E-state index contributed by atoms with van der Waals surface area (Å²) in [6.45, 7) is 3.33. The van der Waals surface area contributed by atoms with Crippen molar-refractivity contribution in [3.8, 4) is 0 Å². The molecule has 0 radical (unpaired) electrons. The molecule has 0 saturated carbocycles. The topological polar surface area (TPSA) is 33.7 Å². The zero-order valence-electron chi connectivity index (χ0n) is 14.8. The second-order valence-electron chi connectivity index (χ2n) is 5.75. The minimum atomic E-state index is -0.431. The van der Waals surface area contributed by atoms with Gasteiger partial charge in [-0.15, -0.1) is 11.8 Å². The fourth-order valence-corrected chi connectivity index (χ4v) is 3.35. The van der Waals surface area contributed by atoms with E-state index < -0.39 is 6.04 Å². The molecule has 0 amide bonds. The molecule has 0 aromatic heterocycles. The highest BCUT2D eigenvalue weighted by molar-refractivity contribution is 7.99. The number of hydrogen-bond acceptors (Lipinski definition) is 5. The van der Waals surface area contributed by atoms with Gasteiger partial charge in [-0.1, -0.05) is 19.1 Å². The summed E-state index contributed by atoms with van der Waals surface area (Å²) in [7, 11) is 3.58. The molecule has 4 nitrogen and oxygen atoms in total. The van der Waals surface area contributed by atoms with E-state index in [1.54, 1.807) is 24.9 Å². The molecule has 24 heavy (non-hydrogen) atoms. The van der Waals surface area contributed by atoms with Crippen LogP contribution in [0.3, 0.4) is 0 Å². The predicted molar refractivity (Wildman–Crippen MR) is 98.2 cm³/mol. The fourth-order valence-electron chi connectivity index (χ4n) is 2.78. The summed E-state index contributed by atoms with van der Waals surface area (Å²) in [4.78, 5) is 1.94. The average Bonchev–Trinajstić information content (AvgIpc) is 2.59. The molecule has 0 aromatic carbocycles. The van der Waals surface area contributed by atoms with Crippen LogP contribution in [0.2, 0.25) is 0 Å². The van der Waals surface area contributed by atoms with Crippen LogP contribution in [0, 0.1) is 0 Å². The lowest BCUT2D eigenvalue weighted by molar-refractivity contribution is 0.144. The number of nitrogens with zero attached hydrogens (tertiary/aromatic N) is 1. The highest BCUT2D eigenvalue weighted by atomic mass is 32.2. The Kier molecular flexibility index (Phi) is 7.24. The fraction of sp³-hybridized carbons (Fsp3) is 0.556. The molecule has 0 bridgehead atoms. The summed E-state index contributed by atoms with van der Waals surface area (Å²) >= 11 is 1.75. The number of hydrogen-bond donors (Lipinski definition) is 1. The number of likely N-dealkylation sites (N-methyl/N-ethyl adjacent to an activating group) is 1. The van der Waals surface area contributed by atoms with E-state index in [2.05, 4.69) is 18.5 Å². The molecule has 1 aliphatic heterocycles. The summed E-state index contributed by atoms with van der Waals surface area (Å²) in [5, 5.41) is 3.76. The summed E-state index contributed by atoms with van der Waals surface area (Å²) < 4.78 is 25.5. The summed E-state index contributed by atoms with van der Waals surface area (Å²) in [6, 6.07) is -0.431. The molecule has 134 valence electrons. The van der Waals surface area contributed by atoms with Crippen LogP contribution in [-0.4, -0.2) is 49.9 Å². The van der Waals surface area contributed by atoms with Gasteiger partial charge in [0.15, 0.2) is 0 Å². The average molecular weight is 354 g/mol. The van der Waals surface area contributed by atoms with Crippen molar-refractivity contribution >= 4 is 11.8 Å². The minimum absolute atomic E-state index is 0.169. The Morgan fingerprint density at radius 3 is 2.88 bits per heavy atom. The molecule has 0 aromatic rings. The van der Waals surface area contributed by atoms with Crippen LogP contribution in [0.25, 0.3) is 0 Å². The Morgan fingerprint density at radius 2 is 2.21 bits per heavy atom. The number of thioether (sulfide) groups is 1. The van der Waals surface area contributed by atoms with Gasteiger partial charge in [0, 0.05) is 38.8 Å². The van der Waals surface area contributed by atoms with Crippen molar-refractivity contribution in [2.24, 2.45) is 0 Å². The van der Waals surface area contributed by atoms with E-state index in [9.17, 15) is 4.39 Å². The van der Waals surface area contributed by atoms with Crippen molar-refractivity contribution in [1.29, 1.82) is 0 Å². The van der Waals surface area contributed by atoms with E-state index in [1.165, 1.54) is 6.08 Å². The lowest BCUT2D eigenvalue weighted by atomic mass is 9.95. The third-order valence-corrected chi connectivity index (χ3v) is 5.14. The SMILES string of the molecule is CCC(NC1=CC(OCCCOC)=C2C=CC=C(F)C2N1C)SC. The van der Waals surface area contributed by atoms with E-state index in [-0.39, 0.29) is 11.2 Å². The molecule has 0 spiro atoms. The normalized spacial score (nSPS) is 21.2. The van der Waals surface area contributed by atoms with Crippen LogP contribution in [0.4, 0.5) is 4.39 Å².